The van der Waals surface area contributed by atoms with Crippen molar-refractivity contribution in [2.75, 3.05) is 26.2 Å². The molecule has 0 unspecified atom stereocenters. The summed E-state index contributed by atoms with van der Waals surface area (Å²) in [5, 5.41) is 3.41. The first-order valence-electron chi connectivity index (χ1n) is 6.81. The van der Waals surface area contributed by atoms with E-state index in [-0.39, 0.29) is 0 Å². The van der Waals surface area contributed by atoms with Crippen LogP contribution in [-0.4, -0.2) is 37.1 Å². The minimum Gasteiger partial charge on any atom is -0.314 e. The molecule has 0 saturated carbocycles. The summed E-state index contributed by atoms with van der Waals surface area (Å²) in [4.78, 5) is 6.15. The van der Waals surface area contributed by atoms with Crippen molar-refractivity contribution in [3.63, 3.8) is 0 Å². The highest BCUT2D eigenvalue weighted by molar-refractivity contribution is 5.50. The zero-order valence-electron chi connectivity index (χ0n) is 10.7. The second-order valence-electron chi connectivity index (χ2n) is 5.25. The van der Waals surface area contributed by atoms with Gasteiger partial charge in [0.1, 0.15) is 0 Å². The van der Waals surface area contributed by atoms with E-state index in [9.17, 15) is 0 Å². The minimum atomic E-state index is 0.707. The Hall–Kier alpha value is -1.37. The topological polar surface area (TPSA) is 19.6 Å². The van der Waals surface area contributed by atoms with Gasteiger partial charge in [-0.15, -0.1) is 0 Å². The number of aryl methyl sites for hydroxylation is 1. The molecule has 3 nitrogen and oxygen atoms in total. The lowest BCUT2D eigenvalue weighted by atomic mass is 9.87. The van der Waals surface area contributed by atoms with Crippen molar-refractivity contribution < 1.29 is 0 Å². The fraction of sp³-hybridized carbons (Fsp3) is 0.533. The quantitative estimate of drug-likeness (QED) is 0.759. The number of nitrogens with zero attached hydrogens (tertiary/aromatic N) is 2. The second kappa shape index (κ2) is 5.09. The molecule has 1 fully saturated rings. The van der Waals surface area contributed by atoms with Crippen LogP contribution in [0.3, 0.4) is 0 Å². The number of nitrogens with one attached hydrogen (secondary N) is 1. The van der Waals surface area contributed by atoms with Gasteiger partial charge in [0, 0.05) is 32.2 Å². The zero-order chi connectivity index (χ0) is 12.4. The Balaban J connectivity index is 1.75. The van der Waals surface area contributed by atoms with Crippen molar-refractivity contribution in [1.82, 2.24) is 10.2 Å². The Kier molecular flexibility index (Phi) is 3.31. The van der Waals surface area contributed by atoms with Crippen molar-refractivity contribution >= 4 is 5.69 Å². The number of fused-ring (bicyclic) bond motifs is 1. The van der Waals surface area contributed by atoms with Crippen LogP contribution >= 0.6 is 0 Å². The van der Waals surface area contributed by atoms with E-state index in [2.05, 4.69) is 27.2 Å². The lowest BCUT2D eigenvalue weighted by molar-refractivity contribution is 0.159. The Morgan fingerprint density at radius 3 is 2.83 bits per heavy atom. The van der Waals surface area contributed by atoms with Gasteiger partial charge in [-0.05, 0) is 24.8 Å². The number of hydrogen-bond acceptors (Lipinski definition) is 2. The van der Waals surface area contributed by atoms with Crippen LogP contribution in [0.15, 0.2) is 18.2 Å². The average Bonchev–Trinajstić information content (AvgIpc) is 2.47. The van der Waals surface area contributed by atoms with E-state index in [1.54, 1.807) is 0 Å². The average molecular weight is 241 g/mol. The van der Waals surface area contributed by atoms with Gasteiger partial charge in [-0.2, -0.15) is 0 Å². The van der Waals surface area contributed by atoms with Gasteiger partial charge in [0.05, 0.1) is 6.57 Å². The van der Waals surface area contributed by atoms with Gasteiger partial charge < -0.3 is 5.32 Å². The first-order chi connectivity index (χ1) is 8.86. The van der Waals surface area contributed by atoms with Gasteiger partial charge in [-0.1, -0.05) is 23.8 Å². The molecule has 0 bridgehead atoms. The van der Waals surface area contributed by atoms with Crippen LogP contribution in [0.2, 0.25) is 0 Å². The van der Waals surface area contributed by atoms with Gasteiger partial charge in [0.25, 0.3) is 0 Å². The molecule has 1 aliphatic heterocycles. The standard InChI is InChI=1S/C15H19N3/c1-16-14-4-2-13-11-15(5-3-12(13)10-14)18-8-6-17-7-9-18/h2,4,10,15,17H,3,5-9,11H2/t15-/m0/s1. The largest absolute Gasteiger partial charge is 0.314 e. The molecule has 1 aromatic carbocycles. The summed E-state index contributed by atoms with van der Waals surface area (Å²) in [6.45, 7) is 11.7. The predicted octanol–water partition coefficient (Wildman–Crippen LogP) is 2.00. The summed E-state index contributed by atoms with van der Waals surface area (Å²) in [6.07, 6.45) is 3.54. The van der Waals surface area contributed by atoms with Crippen molar-refractivity contribution in [2.45, 2.75) is 25.3 Å². The first-order valence-corrected chi connectivity index (χ1v) is 6.81. The van der Waals surface area contributed by atoms with Crippen LogP contribution in [0.4, 0.5) is 5.69 Å². The highest BCUT2D eigenvalue weighted by Gasteiger charge is 2.25. The van der Waals surface area contributed by atoms with Gasteiger partial charge >= 0.3 is 0 Å². The van der Waals surface area contributed by atoms with Crippen LogP contribution < -0.4 is 5.32 Å². The molecule has 1 aromatic rings. The molecule has 1 atom stereocenters. The van der Waals surface area contributed by atoms with Crippen molar-refractivity contribution in [3.8, 4) is 0 Å². The first kappa shape index (κ1) is 11.7. The van der Waals surface area contributed by atoms with Crippen LogP contribution in [0.5, 0.6) is 0 Å². The molecule has 1 aliphatic carbocycles. The minimum absolute atomic E-state index is 0.707. The maximum atomic E-state index is 7.07. The van der Waals surface area contributed by atoms with Crippen LogP contribution in [-0.2, 0) is 12.8 Å². The van der Waals surface area contributed by atoms with Crippen LogP contribution in [0.25, 0.3) is 4.85 Å². The monoisotopic (exact) mass is 241 g/mol. The molecule has 0 radical (unpaired) electrons. The van der Waals surface area contributed by atoms with E-state index in [1.165, 1.54) is 30.6 Å². The molecule has 0 aromatic heterocycles. The van der Waals surface area contributed by atoms with Gasteiger partial charge in [-0.3, -0.25) is 4.90 Å². The Bertz CT molecular complexity index is 469. The van der Waals surface area contributed by atoms with E-state index < -0.39 is 0 Å². The molecule has 2 aliphatic rings. The highest BCUT2D eigenvalue weighted by Crippen LogP contribution is 2.28. The van der Waals surface area contributed by atoms with Gasteiger partial charge in [-0.25, -0.2) is 4.85 Å². The van der Waals surface area contributed by atoms with Crippen molar-refractivity contribution in [2.24, 2.45) is 0 Å². The summed E-state index contributed by atoms with van der Waals surface area (Å²) in [5.74, 6) is 0. The summed E-state index contributed by atoms with van der Waals surface area (Å²) in [7, 11) is 0. The molecular weight excluding hydrogens is 222 g/mol. The molecule has 3 rings (SSSR count). The van der Waals surface area contributed by atoms with Gasteiger partial charge in [0.2, 0.25) is 0 Å². The lowest BCUT2D eigenvalue weighted by Crippen LogP contribution is -2.50. The molecule has 1 saturated heterocycles. The molecule has 1 heterocycles. The molecule has 18 heavy (non-hydrogen) atoms. The molecule has 1 N–H and O–H groups in total. The third kappa shape index (κ3) is 2.27. The summed E-state index contributed by atoms with van der Waals surface area (Å²) >= 11 is 0. The van der Waals surface area contributed by atoms with E-state index in [0.29, 0.717) is 6.04 Å². The molecule has 0 amide bonds. The Morgan fingerprint density at radius 1 is 1.22 bits per heavy atom. The van der Waals surface area contributed by atoms with E-state index >= 15 is 0 Å². The third-order valence-corrected chi connectivity index (χ3v) is 4.19. The number of benzene rings is 1. The van der Waals surface area contributed by atoms with Crippen molar-refractivity contribution in [1.29, 1.82) is 0 Å². The van der Waals surface area contributed by atoms with Crippen LogP contribution in [0.1, 0.15) is 17.5 Å². The van der Waals surface area contributed by atoms with E-state index in [0.717, 1.165) is 31.6 Å². The maximum absolute atomic E-state index is 7.07. The predicted molar refractivity (Wildman–Crippen MR) is 73.0 cm³/mol. The summed E-state index contributed by atoms with van der Waals surface area (Å²) < 4.78 is 0. The Labute approximate surface area is 109 Å². The summed E-state index contributed by atoms with van der Waals surface area (Å²) in [6, 6.07) is 6.91. The number of rotatable bonds is 1. The second-order valence-corrected chi connectivity index (χ2v) is 5.25. The van der Waals surface area contributed by atoms with E-state index in [4.69, 9.17) is 6.57 Å². The molecule has 0 spiro atoms. The Morgan fingerprint density at radius 2 is 2.06 bits per heavy atom. The highest BCUT2D eigenvalue weighted by atomic mass is 15.2. The molecule has 94 valence electrons. The van der Waals surface area contributed by atoms with E-state index in [1.807, 2.05) is 6.07 Å². The fourth-order valence-electron chi connectivity index (χ4n) is 3.15. The number of piperazine rings is 1. The fourth-order valence-corrected chi connectivity index (χ4v) is 3.15. The third-order valence-electron chi connectivity index (χ3n) is 4.19. The number of hydrogen-bond donors (Lipinski definition) is 1. The SMILES string of the molecule is [C-]#[N+]c1ccc2c(c1)CC[C@H](N1CCNCC1)C2. The van der Waals surface area contributed by atoms with Crippen LogP contribution in [0, 0.1) is 6.57 Å². The summed E-state index contributed by atoms with van der Waals surface area (Å²) in [5.41, 5.74) is 3.64. The smallest absolute Gasteiger partial charge is 0.187 e. The maximum Gasteiger partial charge on any atom is 0.187 e. The van der Waals surface area contributed by atoms with Gasteiger partial charge in [0.15, 0.2) is 5.69 Å². The zero-order valence-corrected chi connectivity index (χ0v) is 10.7. The molecule has 3 heteroatoms. The lowest BCUT2D eigenvalue weighted by Gasteiger charge is -2.37. The normalized spacial score (nSPS) is 24.3. The van der Waals surface area contributed by atoms with Crippen molar-refractivity contribution in [3.05, 3.63) is 40.7 Å². The molecular formula is C15H19N3.